The van der Waals surface area contributed by atoms with E-state index >= 15 is 0 Å². The number of nitrogens with one attached hydrogen (secondary N) is 1. The molecule has 1 aliphatic rings. The number of hydrogen-bond acceptors (Lipinski definition) is 4. The zero-order valence-corrected chi connectivity index (χ0v) is 18.3. The largest absolute Gasteiger partial charge is 0.325 e. The predicted octanol–water partition coefficient (Wildman–Crippen LogP) is 4.51. The van der Waals surface area contributed by atoms with Crippen LogP contribution in [-0.4, -0.2) is 37.0 Å². The van der Waals surface area contributed by atoms with Gasteiger partial charge in [0.15, 0.2) is 0 Å². The molecule has 1 heterocycles. The third-order valence-electron chi connectivity index (χ3n) is 5.13. The van der Waals surface area contributed by atoms with Crippen LogP contribution in [0.5, 0.6) is 0 Å². The summed E-state index contributed by atoms with van der Waals surface area (Å²) in [5, 5.41) is 2.84. The number of rotatable bonds is 8. The van der Waals surface area contributed by atoms with E-state index in [9.17, 15) is 13.2 Å². The van der Waals surface area contributed by atoms with Crippen LogP contribution < -0.4 is 5.32 Å². The number of benzene rings is 2. The van der Waals surface area contributed by atoms with Gasteiger partial charge in [-0.15, -0.1) is 11.8 Å². The maximum absolute atomic E-state index is 13.0. The highest BCUT2D eigenvalue weighted by Crippen LogP contribution is 2.27. The molecule has 5 nitrogen and oxygen atoms in total. The van der Waals surface area contributed by atoms with Gasteiger partial charge in [-0.2, -0.15) is 4.31 Å². The summed E-state index contributed by atoms with van der Waals surface area (Å²) in [5.41, 5.74) is 1.79. The van der Waals surface area contributed by atoms with Crippen molar-refractivity contribution >= 4 is 33.4 Å². The summed E-state index contributed by atoms with van der Waals surface area (Å²) in [6, 6.07) is 16.6. The first-order chi connectivity index (χ1) is 14.0. The molecule has 0 saturated carbocycles. The Bertz CT molecular complexity index is 899. The molecule has 0 radical (unpaired) electrons. The average molecular weight is 433 g/mol. The second kappa shape index (κ2) is 10.3. The van der Waals surface area contributed by atoms with E-state index in [-0.39, 0.29) is 16.8 Å². The van der Waals surface area contributed by atoms with Crippen molar-refractivity contribution in [3.63, 3.8) is 0 Å². The number of piperidine rings is 1. The molecule has 0 aromatic heterocycles. The fraction of sp³-hybridized carbons (Fsp3) is 0.409. The zero-order chi connectivity index (χ0) is 20.7. The van der Waals surface area contributed by atoms with E-state index in [2.05, 4.69) is 5.32 Å². The number of carbonyl (C=O) groups is 1. The molecule has 29 heavy (non-hydrogen) atoms. The van der Waals surface area contributed by atoms with Crippen LogP contribution in [0.3, 0.4) is 0 Å². The van der Waals surface area contributed by atoms with E-state index in [0.29, 0.717) is 18.0 Å². The monoisotopic (exact) mass is 432 g/mol. The summed E-state index contributed by atoms with van der Waals surface area (Å²) in [6.07, 6.45) is 3.74. The van der Waals surface area contributed by atoms with E-state index in [1.165, 1.54) is 5.56 Å². The van der Waals surface area contributed by atoms with Crippen molar-refractivity contribution in [1.29, 1.82) is 0 Å². The summed E-state index contributed by atoms with van der Waals surface area (Å²) in [6.45, 7) is 2.62. The minimum Gasteiger partial charge on any atom is -0.325 e. The number of amides is 1. The Morgan fingerprint density at radius 2 is 1.83 bits per heavy atom. The lowest BCUT2D eigenvalue weighted by Crippen LogP contribution is -2.43. The molecule has 1 N–H and O–H groups in total. The average Bonchev–Trinajstić information content (AvgIpc) is 2.75. The van der Waals surface area contributed by atoms with Gasteiger partial charge in [0.05, 0.1) is 10.6 Å². The number of carbonyl (C=O) groups excluding carboxylic acids is 1. The second-order valence-corrected chi connectivity index (χ2v) is 10.1. The summed E-state index contributed by atoms with van der Waals surface area (Å²) < 4.78 is 27.6. The van der Waals surface area contributed by atoms with Gasteiger partial charge in [0.25, 0.3) is 0 Å². The van der Waals surface area contributed by atoms with Crippen molar-refractivity contribution in [3.05, 3.63) is 60.2 Å². The lowest BCUT2D eigenvalue weighted by molar-refractivity contribution is -0.113. The Morgan fingerprint density at radius 1 is 1.10 bits per heavy atom. The van der Waals surface area contributed by atoms with Gasteiger partial charge in [-0.05, 0) is 49.1 Å². The Hall–Kier alpha value is -1.83. The van der Waals surface area contributed by atoms with Crippen LogP contribution >= 0.6 is 11.8 Å². The number of nitrogens with zero attached hydrogens (tertiary/aromatic N) is 1. The zero-order valence-electron chi connectivity index (χ0n) is 16.7. The molecule has 1 atom stereocenters. The Kier molecular flexibility index (Phi) is 7.75. The fourth-order valence-corrected chi connectivity index (χ4v) is 6.13. The van der Waals surface area contributed by atoms with Gasteiger partial charge >= 0.3 is 0 Å². The maximum atomic E-state index is 13.0. The van der Waals surface area contributed by atoms with Crippen LogP contribution in [0.4, 0.5) is 5.69 Å². The van der Waals surface area contributed by atoms with Crippen molar-refractivity contribution in [2.45, 2.75) is 49.3 Å². The molecule has 1 amide bonds. The van der Waals surface area contributed by atoms with Crippen LogP contribution in [0, 0.1) is 0 Å². The third kappa shape index (κ3) is 5.84. The minimum absolute atomic E-state index is 0.0785. The van der Waals surface area contributed by atoms with Gasteiger partial charge in [-0.3, -0.25) is 4.79 Å². The highest BCUT2D eigenvalue weighted by molar-refractivity contribution is 7.99. The van der Waals surface area contributed by atoms with Gasteiger partial charge in [0.1, 0.15) is 0 Å². The van der Waals surface area contributed by atoms with E-state index in [4.69, 9.17) is 0 Å². The molecule has 1 unspecified atom stereocenters. The molecule has 2 aromatic rings. The molecule has 1 saturated heterocycles. The minimum atomic E-state index is -3.50. The Balaban J connectivity index is 1.56. The first kappa shape index (κ1) is 21.9. The van der Waals surface area contributed by atoms with E-state index in [0.717, 1.165) is 31.4 Å². The Labute approximate surface area is 177 Å². The first-order valence-corrected chi connectivity index (χ1v) is 12.6. The summed E-state index contributed by atoms with van der Waals surface area (Å²) in [7, 11) is -3.50. The lowest BCUT2D eigenvalue weighted by Gasteiger charge is -2.34. The van der Waals surface area contributed by atoms with E-state index in [1.54, 1.807) is 40.3 Å². The standard InChI is InChI=1S/C22H28N2O3S2/c1-2-20-10-6-7-15-24(20)29(26,27)21-13-11-19(12-14-21)23-22(25)17-28-16-18-8-4-3-5-9-18/h3-5,8-9,11-14,20H,2,6-7,10,15-17H2,1H3,(H,23,25). The van der Waals surface area contributed by atoms with Crippen molar-refractivity contribution < 1.29 is 13.2 Å². The molecule has 2 aromatic carbocycles. The SMILES string of the molecule is CCC1CCCCN1S(=O)(=O)c1ccc(NC(=O)CSCc2ccccc2)cc1. The number of anilines is 1. The van der Waals surface area contributed by atoms with Crippen LogP contribution in [0.25, 0.3) is 0 Å². The normalized spacial score (nSPS) is 17.8. The summed E-state index contributed by atoms with van der Waals surface area (Å²) >= 11 is 1.55. The van der Waals surface area contributed by atoms with Crippen molar-refractivity contribution in [2.75, 3.05) is 17.6 Å². The Morgan fingerprint density at radius 3 is 2.52 bits per heavy atom. The van der Waals surface area contributed by atoms with E-state index < -0.39 is 10.0 Å². The van der Waals surface area contributed by atoms with Gasteiger partial charge in [-0.1, -0.05) is 43.7 Å². The molecule has 156 valence electrons. The molecule has 3 rings (SSSR count). The first-order valence-electron chi connectivity index (χ1n) is 10.0. The van der Waals surface area contributed by atoms with Crippen LogP contribution in [0.2, 0.25) is 0 Å². The van der Waals surface area contributed by atoms with Crippen LogP contribution in [0.15, 0.2) is 59.5 Å². The summed E-state index contributed by atoms with van der Waals surface area (Å²) in [4.78, 5) is 12.4. The molecule has 1 fully saturated rings. The smallest absolute Gasteiger partial charge is 0.243 e. The van der Waals surface area contributed by atoms with Crippen molar-refractivity contribution in [3.8, 4) is 0 Å². The van der Waals surface area contributed by atoms with E-state index in [1.807, 2.05) is 37.3 Å². The number of sulfonamides is 1. The topological polar surface area (TPSA) is 66.5 Å². The fourth-order valence-electron chi connectivity index (χ4n) is 3.58. The highest BCUT2D eigenvalue weighted by atomic mass is 32.2. The molecule has 0 bridgehead atoms. The maximum Gasteiger partial charge on any atom is 0.243 e. The molecule has 7 heteroatoms. The number of hydrogen-bond donors (Lipinski definition) is 1. The van der Waals surface area contributed by atoms with Gasteiger partial charge in [-0.25, -0.2) is 8.42 Å². The molecule has 0 spiro atoms. The highest BCUT2D eigenvalue weighted by Gasteiger charge is 2.32. The molecular formula is C22H28N2O3S2. The molecular weight excluding hydrogens is 404 g/mol. The number of thioether (sulfide) groups is 1. The third-order valence-corrected chi connectivity index (χ3v) is 8.10. The molecule has 1 aliphatic heterocycles. The summed E-state index contributed by atoms with van der Waals surface area (Å²) in [5.74, 6) is 1.03. The van der Waals surface area contributed by atoms with Gasteiger partial charge in [0, 0.05) is 24.0 Å². The predicted molar refractivity (Wildman–Crippen MR) is 119 cm³/mol. The van der Waals surface area contributed by atoms with Crippen molar-refractivity contribution in [2.24, 2.45) is 0 Å². The van der Waals surface area contributed by atoms with Gasteiger partial charge < -0.3 is 5.32 Å². The lowest BCUT2D eigenvalue weighted by atomic mass is 10.0. The molecule has 0 aliphatic carbocycles. The second-order valence-electron chi connectivity index (χ2n) is 7.22. The van der Waals surface area contributed by atoms with Crippen LogP contribution in [-0.2, 0) is 20.6 Å². The van der Waals surface area contributed by atoms with Gasteiger partial charge in [0.2, 0.25) is 15.9 Å². The van der Waals surface area contributed by atoms with Crippen molar-refractivity contribution in [1.82, 2.24) is 4.31 Å². The van der Waals surface area contributed by atoms with Crippen LogP contribution in [0.1, 0.15) is 38.2 Å². The quantitative estimate of drug-likeness (QED) is 0.666.